The van der Waals surface area contributed by atoms with E-state index in [2.05, 4.69) is 30.3 Å². The van der Waals surface area contributed by atoms with E-state index in [0.29, 0.717) is 6.04 Å². The lowest BCUT2D eigenvalue weighted by molar-refractivity contribution is 0.226. The van der Waals surface area contributed by atoms with Crippen molar-refractivity contribution in [3.05, 3.63) is 34.9 Å². The Balaban J connectivity index is 2.45. The number of halogens is 1. The second-order valence-electron chi connectivity index (χ2n) is 4.57. The molecule has 1 atom stereocenters. The fourth-order valence-electron chi connectivity index (χ4n) is 1.99. The zero-order chi connectivity index (χ0) is 13.4. The van der Waals surface area contributed by atoms with Gasteiger partial charge in [-0.15, -0.1) is 0 Å². The molecule has 0 aliphatic carbocycles. The van der Waals surface area contributed by atoms with Gasteiger partial charge in [0, 0.05) is 24.2 Å². The van der Waals surface area contributed by atoms with Gasteiger partial charge in [-0.3, -0.25) is 4.90 Å². The van der Waals surface area contributed by atoms with Crippen LogP contribution in [0.15, 0.2) is 24.3 Å². The van der Waals surface area contributed by atoms with Crippen molar-refractivity contribution in [1.29, 1.82) is 0 Å². The van der Waals surface area contributed by atoms with Crippen molar-refractivity contribution < 1.29 is 0 Å². The summed E-state index contributed by atoms with van der Waals surface area (Å²) < 4.78 is 0. The highest BCUT2D eigenvalue weighted by atomic mass is 35.5. The highest BCUT2D eigenvalue weighted by Crippen LogP contribution is 2.14. The minimum absolute atomic E-state index is 0.466. The van der Waals surface area contributed by atoms with Gasteiger partial charge >= 0.3 is 0 Å². The molecule has 0 aliphatic rings. The molecule has 0 saturated heterocycles. The van der Waals surface area contributed by atoms with Crippen molar-refractivity contribution in [3.8, 4) is 0 Å². The van der Waals surface area contributed by atoms with E-state index in [4.69, 9.17) is 17.3 Å². The number of nitrogens with two attached hydrogens (primary N) is 1. The molecular formula is C14H23ClN2S. The lowest BCUT2D eigenvalue weighted by atomic mass is 10.1. The first kappa shape index (κ1) is 15.8. The predicted molar refractivity (Wildman–Crippen MR) is 83.4 cm³/mol. The molecule has 1 aromatic carbocycles. The predicted octanol–water partition coefficient (Wildman–Crippen LogP) is 3.24. The van der Waals surface area contributed by atoms with E-state index in [-0.39, 0.29) is 0 Å². The first-order chi connectivity index (χ1) is 8.67. The fourth-order valence-corrected chi connectivity index (χ4v) is 2.57. The van der Waals surface area contributed by atoms with Crippen molar-refractivity contribution in [2.24, 2.45) is 5.73 Å². The molecule has 1 rings (SSSR count). The average Bonchev–Trinajstić information content (AvgIpc) is 2.37. The number of nitrogens with zero attached hydrogens (tertiary/aromatic N) is 1. The van der Waals surface area contributed by atoms with Gasteiger partial charge in [-0.2, -0.15) is 11.8 Å². The van der Waals surface area contributed by atoms with Gasteiger partial charge in [-0.1, -0.05) is 23.7 Å². The molecule has 0 saturated carbocycles. The highest BCUT2D eigenvalue weighted by molar-refractivity contribution is 7.98. The molecule has 0 radical (unpaired) electrons. The Morgan fingerprint density at radius 3 is 2.56 bits per heavy atom. The van der Waals surface area contributed by atoms with Gasteiger partial charge in [0.2, 0.25) is 0 Å². The van der Waals surface area contributed by atoms with Gasteiger partial charge < -0.3 is 5.73 Å². The van der Waals surface area contributed by atoms with Crippen LogP contribution < -0.4 is 5.73 Å². The molecule has 0 fully saturated rings. The van der Waals surface area contributed by atoms with E-state index in [1.807, 2.05) is 23.9 Å². The molecule has 1 unspecified atom stereocenters. The molecule has 2 N–H and O–H groups in total. The summed E-state index contributed by atoms with van der Waals surface area (Å²) in [4.78, 5) is 2.34. The Morgan fingerprint density at radius 1 is 1.33 bits per heavy atom. The molecule has 0 bridgehead atoms. The number of rotatable bonds is 8. The van der Waals surface area contributed by atoms with Crippen LogP contribution in [0.2, 0.25) is 5.02 Å². The van der Waals surface area contributed by atoms with E-state index >= 15 is 0 Å². The van der Waals surface area contributed by atoms with Crippen LogP contribution in [0, 0.1) is 0 Å². The molecule has 0 aromatic heterocycles. The number of benzene rings is 1. The zero-order valence-electron chi connectivity index (χ0n) is 11.2. The Kier molecular flexibility index (Phi) is 7.75. The van der Waals surface area contributed by atoms with Crippen LogP contribution in [0.4, 0.5) is 0 Å². The second kappa shape index (κ2) is 8.81. The molecular weight excluding hydrogens is 264 g/mol. The van der Waals surface area contributed by atoms with E-state index in [1.165, 1.54) is 24.2 Å². The Hall–Kier alpha value is -0.220. The first-order valence-electron chi connectivity index (χ1n) is 6.31. The van der Waals surface area contributed by atoms with Crippen molar-refractivity contribution in [2.45, 2.75) is 25.4 Å². The van der Waals surface area contributed by atoms with E-state index < -0.39 is 0 Å². The van der Waals surface area contributed by atoms with Crippen molar-refractivity contribution >= 4 is 23.4 Å². The van der Waals surface area contributed by atoms with Crippen LogP contribution >= 0.6 is 23.4 Å². The van der Waals surface area contributed by atoms with E-state index in [1.54, 1.807) is 0 Å². The molecule has 0 heterocycles. The van der Waals surface area contributed by atoms with Crippen LogP contribution in [0.25, 0.3) is 0 Å². The summed E-state index contributed by atoms with van der Waals surface area (Å²) in [5.41, 5.74) is 7.15. The molecule has 4 heteroatoms. The van der Waals surface area contributed by atoms with Gasteiger partial charge in [0.15, 0.2) is 0 Å². The molecule has 102 valence electrons. The second-order valence-corrected chi connectivity index (χ2v) is 5.99. The first-order valence-corrected chi connectivity index (χ1v) is 8.08. The topological polar surface area (TPSA) is 29.3 Å². The van der Waals surface area contributed by atoms with Crippen LogP contribution in [0.1, 0.15) is 18.4 Å². The van der Waals surface area contributed by atoms with Gasteiger partial charge in [-0.25, -0.2) is 0 Å². The number of thioether (sulfide) groups is 1. The Morgan fingerprint density at radius 2 is 2.00 bits per heavy atom. The standard InChI is InChI=1S/C14H23ClN2S/c1-17(14(10-16)4-3-9-18-2)11-12-5-7-13(15)8-6-12/h5-8,14H,3-4,9-11,16H2,1-2H3. The molecule has 18 heavy (non-hydrogen) atoms. The van der Waals surface area contributed by atoms with Crippen molar-refractivity contribution in [2.75, 3.05) is 25.6 Å². The zero-order valence-corrected chi connectivity index (χ0v) is 12.8. The van der Waals surface area contributed by atoms with Gasteiger partial charge in [0.05, 0.1) is 0 Å². The van der Waals surface area contributed by atoms with Crippen molar-refractivity contribution in [1.82, 2.24) is 4.90 Å². The lowest BCUT2D eigenvalue weighted by Gasteiger charge is -2.27. The quantitative estimate of drug-likeness (QED) is 0.744. The monoisotopic (exact) mass is 286 g/mol. The third-order valence-electron chi connectivity index (χ3n) is 3.13. The Bertz CT molecular complexity index is 329. The molecule has 0 spiro atoms. The normalized spacial score (nSPS) is 12.9. The SMILES string of the molecule is CSCCCC(CN)N(C)Cc1ccc(Cl)cc1. The summed E-state index contributed by atoms with van der Waals surface area (Å²) >= 11 is 7.78. The third-order valence-corrected chi connectivity index (χ3v) is 4.08. The summed E-state index contributed by atoms with van der Waals surface area (Å²) in [6, 6.07) is 8.50. The largest absolute Gasteiger partial charge is 0.329 e. The van der Waals surface area contributed by atoms with Gasteiger partial charge in [-0.05, 0) is 49.6 Å². The van der Waals surface area contributed by atoms with Crippen LogP contribution in [-0.2, 0) is 6.54 Å². The molecule has 0 aliphatic heterocycles. The summed E-state index contributed by atoms with van der Waals surface area (Å²) in [6.45, 7) is 1.65. The maximum Gasteiger partial charge on any atom is 0.0406 e. The van der Waals surface area contributed by atoms with Crippen LogP contribution in [0.3, 0.4) is 0 Å². The maximum atomic E-state index is 5.89. The van der Waals surface area contributed by atoms with Crippen LogP contribution in [0.5, 0.6) is 0 Å². The number of hydrogen-bond donors (Lipinski definition) is 1. The molecule has 1 aromatic rings. The van der Waals surface area contributed by atoms with E-state index in [0.717, 1.165) is 18.1 Å². The summed E-state index contributed by atoms with van der Waals surface area (Å²) in [5.74, 6) is 1.21. The third kappa shape index (κ3) is 5.61. The molecule has 0 amide bonds. The summed E-state index contributed by atoms with van der Waals surface area (Å²) in [5, 5.41) is 0.789. The maximum absolute atomic E-state index is 5.89. The number of hydrogen-bond acceptors (Lipinski definition) is 3. The smallest absolute Gasteiger partial charge is 0.0406 e. The van der Waals surface area contributed by atoms with Crippen LogP contribution in [-0.4, -0.2) is 36.5 Å². The van der Waals surface area contributed by atoms with Crippen molar-refractivity contribution in [3.63, 3.8) is 0 Å². The minimum Gasteiger partial charge on any atom is -0.329 e. The Labute approximate surface area is 120 Å². The molecule has 2 nitrogen and oxygen atoms in total. The highest BCUT2D eigenvalue weighted by Gasteiger charge is 2.12. The van der Waals surface area contributed by atoms with Gasteiger partial charge in [0.25, 0.3) is 0 Å². The minimum atomic E-state index is 0.466. The van der Waals surface area contributed by atoms with E-state index in [9.17, 15) is 0 Å². The summed E-state index contributed by atoms with van der Waals surface area (Å²) in [7, 11) is 2.14. The van der Waals surface area contributed by atoms with Gasteiger partial charge in [0.1, 0.15) is 0 Å². The number of likely N-dealkylation sites (N-methyl/N-ethyl adjacent to an activating group) is 1. The summed E-state index contributed by atoms with van der Waals surface area (Å²) in [6.07, 6.45) is 4.55. The fraction of sp³-hybridized carbons (Fsp3) is 0.571. The lowest BCUT2D eigenvalue weighted by Crippen LogP contribution is -2.37. The average molecular weight is 287 g/mol.